The lowest BCUT2D eigenvalue weighted by Gasteiger charge is -2.23. The third kappa shape index (κ3) is 2.22. The van der Waals surface area contributed by atoms with Crippen LogP contribution in [-0.4, -0.2) is 15.6 Å². The lowest BCUT2D eigenvalue weighted by atomic mass is 10.3. The van der Waals surface area contributed by atoms with Gasteiger partial charge in [-0.1, -0.05) is 0 Å². The molecule has 0 aromatic rings. The molecule has 0 unspecified atom stereocenters. The van der Waals surface area contributed by atoms with Crippen LogP contribution in [0, 0.1) is 0 Å². The maximum atomic E-state index is 11.4. The van der Waals surface area contributed by atoms with Gasteiger partial charge in [0.15, 0.2) is 0 Å². The van der Waals surface area contributed by atoms with E-state index in [4.69, 9.17) is 4.74 Å². The van der Waals surface area contributed by atoms with Crippen LogP contribution in [0.5, 0.6) is 0 Å². The molecule has 0 aromatic carbocycles. The first-order valence-electron chi connectivity index (χ1n) is 3.49. The molecule has 1 aliphatic heterocycles. The van der Waals surface area contributed by atoms with E-state index in [0.29, 0.717) is 6.61 Å². The lowest BCUT2D eigenvalue weighted by molar-refractivity contribution is 0.218. The quantitative estimate of drug-likeness (QED) is 0.677. The highest BCUT2D eigenvalue weighted by molar-refractivity contribution is 7.84. The molecule has 1 N–H and O–H groups in total. The molecule has 0 bridgehead atoms. The van der Waals surface area contributed by atoms with Crippen LogP contribution in [0.2, 0.25) is 0 Å². The van der Waals surface area contributed by atoms with Gasteiger partial charge in [-0.2, -0.15) is 0 Å². The Morgan fingerprint density at radius 2 is 2.18 bits per heavy atom. The molecular weight excluding hydrogens is 162 g/mol. The van der Waals surface area contributed by atoms with E-state index in [-0.39, 0.29) is 4.75 Å². The molecule has 0 amide bonds. The smallest absolute Gasteiger partial charge is 0.131 e. The van der Waals surface area contributed by atoms with Gasteiger partial charge in [0.25, 0.3) is 0 Å². The monoisotopic (exact) mass is 175 g/mol. The van der Waals surface area contributed by atoms with Crippen molar-refractivity contribution < 1.29 is 8.95 Å². The molecule has 0 saturated heterocycles. The van der Waals surface area contributed by atoms with Crippen molar-refractivity contribution in [3.8, 4) is 0 Å². The van der Waals surface area contributed by atoms with Crippen molar-refractivity contribution in [1.29, 1.82) is 0 Å². The maximum absolute atomic E-state index is 11.4. The summed E-state index contributed by atoms with van der Waals surface area (Å²) in [4.78, 5) is 0. The number of rotatable bonds is 2. The van der Waals surface area contributed by atoms with Gasteiger partial charge in [-0.15, -0.1) is 0 Å². The molecule has 64 valence electrons. The highest BCUT2D eigenvalue weighted by Gasteiger charge is 2.21. The average Bonchev–Trinajstić information content (AvgIpc) is 1.75. The SMILES string of the molecule is CC(C)(C)[S@@](=O)NC1=COC1. The summed E-state index contributed by atoms with van der Waals surface area (Å²) >= 11 is 0. The zero-order chi connectivity index (χ0) is 8.48. The zero-order valence-electron chi connectivity index (χ0n) is 7.01. The Balaban J connectivity index is 2.43. The van der Waals surface area contributed by atoms with E-state index in [2.05, 4.69) is 4.72 Å². The minimum Gasteiger partial charge on any atom is -0.493 e. The molecule has 1 heterocycles. The van der Waals surface area contributed by atoms with Gasteiger partial charge < -0.3 is 9.46 Å². The Morgan fingerprint density at radius 3 is 2.45 bits per heavy atom. The molecule has 4 heteroatoms. The molecule has 1 atom stereocenters. The second-order valence-electron chi connectivity index (χ2n) is 3.44. The average molecular weight is 175 g/mol. The van der Waals surface area contributed by atoms with Crippen molar-refractivity contribution >= 4 is 11.0 Å². The Labute approximate surface area is 69.4 Å². The van der Waals surface area contributed by atoms with E-state index < -0.39 is 11.0 Å². The van der Waals surface area contributed by atoms with Gasteiger partial charge in [0, 0.05) is 0 Å². The van der Waals surface area contributed by atoms with Gasteiger partial charge in [-0.05, 0) is 20.8 Å². The summed E-state index contributed by atoms with van der Waals surface area (Å²) in [6.07, 6.45) is 1.59. The van der Waals surface area contributed by atoms with Crippen molar-refractivity contribution in [2.75, 3.05) is 6.61 Å². The number of hydrogen-bond donors (Lipinski definition) is 1. The molecule has 0 spiro atoms. The molecule has 0 fully saturated rings. The fourth-order valence-electron chi connectivity index (χ4n) is 0.492. The number of nitrogens with one attached hydrogen (secondary N) is 1. The Morgan fingerprint density at radius 1 is 1.64 bits per heavy atom. The van der Waals surface area contributed by atoms with Gasteiger partial charge in [0.1, 0.15) is 23.9 Å². The highest BCUT2D eigenvalue weighted by atomic mass is 32.2. The van der Waals surface area contributed by atoms with Crippen LogP contribution in [0.3, 0.4) is 0 Å². The molecule has 1 aliphatic rings. The van der Waals surface area contributed by atoms with Crippen LogP contribution in [0.1, 0.15) is 20.8 Å². The Kier molecular flexibility index (Phi) is 2.23. The van der Waals surface area contributed by atoms with Gasteiger partial charge in [-0.25, -0.2) is 4.21 Å². The molecule has 0 saturated carbocycles. The molecule has 3 nitrogen and oxygen atoms in total. The van der Waals surface area contributed by atoms with Crippen molar-refractivity contribution in [2.24, 2.45) is 0 Å². The minimum atomic E-state index is -1.01. The Bertz CT molecular complexity index is 205. The highest BCUT2D eigenvalue weighted by Crippen LogP contribution is 2.12. The van der Waals surface area contributed by atoms with Crippen LogP contribution in [0.15, 0.2) is 12.0 Å². The van der Waals surface area contributed by atoms with E-state index in [1.54, 1.807) is 6.26 Å². The first-order chi connectivity index (χ1) is 5.00. The van der Waals surface area contributed by atoms with Gasteiger partial charge in [0.2, 0.25) is 0 Å². The van der Waals surface area contributed by atoms with Crippen LogP contribution in [-0.2, 0) is 15.7 Å². The molecule has 0 aliphatic carbocycles. The van der Waals surface area contributed by atoms with Crippen molar-refractivity contribution in [3.05, 3.63) is 12.0 Å². The van der Waals surface area contributed by atoms with E-state index in [1.165, 1.54) is 0 Å². The number of ether oxygens (including phenoxy) is 1. The van der Waals surface area contributed by atoms with Crippen molar-refractivity contribution in [3.63, 3.8) is 0 Å². The summed E-state index contributed by atoms with van der Waals surface area (Å²) in [7, 11) is -1.01. The third-order valence-electron chi connectivity index (χ3n) is 1.24. The largest absolute Gasteiger partial charge is 0.493 e. The van der Waals surface area contributed by atoms with Crippen molar-refractivity contribution in [2.45, 2.75) is 25.5 Å². The minimum absolute atomic E-state index is 0.212. The van der Waals surface area contributed by atoms with Crippen LogP contribution >= 0.6 is 0 Å². The molecule has 0 aromatic heterocycles. The predicted molar refractivity (Wildman–Crippen MR) is 45.1 cm³/mol. The first-order valence-corrected chi connectivity index (χ1v) is 4.64. The first kappa shape index (κ1) is 8.59. The maximum Gasteiger partial charge on any atom is 0.131 e. The molecule has 1 rings (SSSR count). The van der Waals surface area contributed by atoms with Crippen molar-refractivity contribution in [1.82, 2.24) is 4.72 Å². The fourth-order valence-corrected chi connectivity index (χ4v) is 1.14. The summed E-state index contributed by atoms with van der Waals surface area (Å²) in [5.41, 5.74) is 0.915. The standard InChI is InChI=1S/C7H13NO2S/c1-7(2,3)11(9)8-6-4-10-5-6/h4,8H,5H2,1-3H3/t11-/m1/s1. The van der Waals surface area contributed by atoms with Gasteiger partial charge >= 0.3 is 0 Å². The van der Waals surface area contributed by atoms with E-state index in [1.807, 2.05) is 20.8 Å². The topological polar surface area (TPSA) is 38.3 Å². The second kappa shape index (κ2) is 2.85. The zero-order valence-corrected chi connectivity index (χ0v) is 7.83. The summed E-state index contributed by atoms with van der Waals surface area (Å²) < 4.78 is 18.8. The van der Waals surface area contributed by atoms with E-state index in [9.17, 15) is 4.21 Å². The second-order valence-corrected chi connectivity index (χ2v) is 5.40. The molecule has 0 radical (unpaired) electrons. The Hall–Kier alpha value is -0.510. The van der Waals surface area contributed by atoms with E-state index >= 15 is 0 Å². The van der Waals surface area contributed by atoms with Crippen LogP contribution in [0.25, 0.3) is 0 Å². The third-order valence-corrected chi connectivity index (χ3v) is 2.80. The van der Waals surface area contributed by atoms with Crippen LogP contribution < -0.4 is 4.72 Å². The lowest BCUT2D eigenvalue weighted by Crippen LogP contribution is -2.35. The summed E-state index contributed by atoms with van der Waals surface area (Å²) in [5, 5.41) is 0. The normalized spacial score (nSPS) is 19.4. The predicted octanol–water partition coefficient (Wildman–Crippen LogP) is 0.910. The van der Waals surface area contributed by atoms with Gasteiger partial charge in [-0.3, -0.25) is 0 Å². The summed E-state index contributed by atoms with van der Waals surface area (Å²) in [6, 6.07) is 0. The fraction of sp³-hybridized carbons (Fsp3) is 0.714. The van der Waals surface area contributed by atoms with Gasteiger partial charge in [0.05, 0.1) is 10.4 Å². The van der Waals surface area contributed by atoms with Crippen LogP contribution in [0.4, 0.5) is 0 Å². The number of hydrogen-bond acceptors (Lipinski definition) is 2. The molecular formula is C7H13NO2S. The summed E-state index contributed by atoms with van der Waals surface area (Å²) in [5.74, 6) is 0. The van der Waals surface area contributed by atoms with E-state index in [0.717, 1.165) is 5.70 Å². The summed E-state index contributed by atoms with van der Waals surface area (Å²) in [6.45, 7) is 6.34. The molecule has 11 heavy (non-hydrogen) atoms.